The molecular weight excluding hydrogens is 134 g/mol. The van der Waals surface area contributed by atoms with Crippen LogP contribution in [0.3, 0.4) is 0 Å². The maximum absolute atomic E-state index is 9.22. The Morgan fingerprint density at radius 1 is 1.62 bits per heavy atom. The fraction of sp³-hybridized carbons (Fsp3) is 0.500. The lowest BCUT2D eigenvalue weighted by molar-refractivity contribution is -0.115. The number of carbonyl (C=O) groups excluding carboxylic acids is 1. The van der Waals surface area contributed by atoms with Crippen LogP contribution < -0.4 is 5.73 Å². The van der Waals surface area contributed by atoms with Gasteiger partial charge in [0.2, 0.25) is 5.91 Å². The summed E-state index contributed by atoms with van der Waals surface area (Å²) in [6, 6.07) is 0. The summed E-state index contributed by atoms with van der Waals surface area (Å²) in [5.41, 5.74) is 4.47. The van der Waals surface area contributed by atoms with E-state index in [0.29, 0.717) is 0 Å². The summed E-state index contributed by atoms with van der Waals surface area (Å²) < 4.78 is 22.8. The van der Waals surface area contributed by atoms with Crippen LogP contribution in [0, 0.1) is 0 Å². The van der Waals surface area contributed by atoms with Crippen LogP contribution in [0.5, 0.6) is 0 Å². The van der Waals surface area contributed by atoms with E-state index in [1.54, 1.807) is 0 Å². The molecule has 0 unspecified atom stereocenters. The predicted octanol–water partition coefficient (Wildman–Crippen LogP) is -0.827. The highest BCUT2D eigenvalue weighted by Crippen LogP contribution is 1.44. The van der Waals surface area contributed by atoms with E-state index >= 15 is 0 Å². The van der Waals surface area contributed by atoms with Gasteiger partial charge in [-0.25, -0.2) is 0 Å². The van der Waals surface area contributed by atoms with Crippen LogP contribution in [0.1, 0.15) is 6.92 Å². The Bertz CT molecular complexity index is 72.0. The van der Waals surface area contributed by atoms with Gasteiger partial charge in [0.15, 0.2) is 0 Å². The van der Waals surface area contributed by atoms with Crippen molar-refractivity contribution in [2.24, 2.45) is 5.73 Å². The lowest BCUT2D eigenvalue weighted by atomic mass is 10.8. The SMILES string of the molecule is CC(N)=O.O=S(O)O. The first-order valence-electron chi connectivity index (χ1n) is 1.52. The van der Waals surface area contributed by atoms with Crippen LogP contribution in [0.2, 0.25) is 0 Å². The molecule has 0 radical (unpaired) electrons. The third-order valence-corrected chi connectivity index (χ3v) is 0. The monoisotopic (exact) mass is 141 g/mol. The molecule has 0 saturated carbocycles. The quantitative estimate of drug-likeness (QED) is 0.383. The van der Waals surface area contributed by atoms with Gasteiger partial charge in [-0.3, -0.25) is 13.9 Å². The van der Waals surface area contributed by atoms with Crippen LogP contribution in [-0.2, 0) is 16.2 Å². The van der Waals surface area contributed by atoms with Crippen molar-refractivity contribution >= 4 is 17.3 Å². The van der Waals surface area contributed by atoms with Crippen LogP contribution >= 0.6 is 0 Å². The zero-order chi connectivity index (χ0) is 7.15. The average molecular weight is 141 g/mol. The van der Waals surface area contributed by atoms with Gasteiger partial charge < -0.3 is 5.73 Å². The van der Waals surface area contributed by atoms with E-state index in [9.17, 15) is 4.79 Å². The number of hydrogen-bond donors (Lipinski definition) is 3. The van der Waals surface area contributed by atoms with Gasteiger partial charge in [-0.15, -0.1) is 0 Å². The van der Waals surface area contributed by atoms with Crippen molar-refractivity contribution in [3.63, 3.8) is 0 Å². The molecule has 0 saturated heterocycles. The van der Waals surface area contributed by atoms with Crippen LogP contribution in [0.15, 0.2) is 0 Å². The van der Waals surface area contributed by atoms with Gasteiger partial charge in [-0.1, -0.05) is 0 Å². The lowest BCUT2D eigenvalue weighted by Crippen LogP contribution is -2.01. The van der Waals surface area contributed by atoms with E-state index in [2.05, 4.69) is 5.73 Å². The molecule has 0 heterocycles. The van der Waals surface area contributed by atoms with Crippen molar-refractivity contribution in [1.29, 1.82) is 0 Å². The smallest absolute Gasteiger partial charge is 0.299 e. The summed E-state index contributed by atoms with van der Waals surface area (Å²) in [7, 11) is 0. The Morgan fingerprint density at radius 2 is 1.62 bits per heavy atom. The molecule has 0 fully saturated rings. The molecular formula is C2H7NO4S. The van der Waals surface area contributed by atoms with E-state index in [1.807, 2.05) is 0 Å². The van der Waals surface area contributed by atoms with Crippen LogP contribution in [0.25, 0.3) is 0 Å². The Kier molecular flexibility index (Phi) is 8.59. The van der Waals surface area contributed by atoms with E-state index in [1.165, 1.54) is 6.92 Å². The Hall–Kier alpha value is -0.460. The van der Waals surface area contributed by atoms with Crippen molar-refractivity contribution in [2.75, 3.05) is 0 Å². The molecule has 50 valence electrons. The third-order valence-electron chi connectivity index (χ3n) is 0. The van der Waals surface area contributed by atoms with E-state index in [0.717, 1.165) is 0 Å². The van der Waals surface area contributed by atoms with Crippen LogP contribution in [0.4, 0.5) is 0 Å². The summed E-state index contributed by atoms with van der Waals surface area (Å²) in [4.78, 5) is 9.22. The summed E-state index contributed by atoms with van der Waals surface area (Å²) in [5.74, 6) is -0.333. The molecule has 0 aromatic heterocycles. The van der Waals surface area contributed by atoms with Gasteiger partial charge in [0.1, 0.15) is 0 Å². The molecule has 0 aliphatic heterocycles. The minimum absolute atomic E-state index is 0.333. The molecule has 0 aliphatic rings. The number of rotatable bonds is 0. The fourth-order valence-corrected chi connectivity index (χ4v) is 0. The van der Waals surface area contributed by atoms with Gasteiger partial charge in [0, 0.05) is 6.92 Å². The Morgan fingerprint density at radius 3 is 1.62 bits per heavy atom. The minimum Gasteiger partial charge on any atom is -0.370 e. The number of nitrogens with two attached hydrogens (primary N) is 1. The number of hydrogen-bond acceptors (Lipinski definition) is 2. The van der Waals surface area contributed by atoms with Crippen molar-refractivity contribution in [3.05, 3.63) is 0 Å². The maximum Gasteiger partial charge on any atom is 0.299 e. The normalized spacial score (nSPS) is 7.50. The van der Waals surface area contributed by atoms with Crippen molar-refractivity contribution < 1.29 is 18.1 Å². The molecule has 1 amide bonds. The molecule has 0 aromatic rings. The Labute approximate surface area is 49.0 Å². The van der Waals surface area contributed by atoms with Crippen molar-refractivity contribution in [1.82, 2.24) is 0 Å². The molecule has 6 heteroatoms. The number of amides is 1. The summed E-state index contributed by atoms with van der Waals surface area (Å²) in [6.07, 6.45) is 0. The van der Waals surface area contributed by atoms with Crippen molar-refractivity contribution in [3.8, 4) is 0 Å². The van der Waals surface area contributed by atoms with Gasteiger partial charge in [-0.2, -0.15) is 4.21 Å². The van der Waals surface area contributed by atoms with Gasteiger partial charge in [-0.05, 0) is 0 Å². The second-order valence-corrected chi connectivity index (χ2v) is 1.30. The second-order valence-electron chi connectivity index (χ2n) is 0.841. The van der Waals surface area contributed by atoms with E-state index in [4.69, 9.17) is 13.3 Å². The van der Waals surface area contributed by atoms with Crippen LogP contribution in [-0.4, -0.2) is 19.2 Å². The lowest BCUT2D eigenvalue weighted by Gasteiger charge is -1.60. The highest BCUT2D eigenvalue weighted by Gasteiger charge is 1.62. The topological polar surface area (TPSA) is 101 Å². The summed E-state index contributed by atoms with van der Waals surface area (Å²) >= 11 is -2.61. The molecule has 0 bridgehead atoms. The van der Waals surface area contributed by atoms with E-state index in [-0.39, 0.29) is 5.91 Å². The highest BCUT2D eigenvalue weighted by molar-refractivity contribution is 7.73. The van der Waals surface area contributed by atoms with E-state index < -0.39 is 11.4 Å². The molecule has 5 nitrogen and oxygen atoms in total. The molecule has 0 atom stereocenters. The zero-order valence-corrected chi connectivity index (χ0v) is 5.01. The summed E-state index contributed by atoms with van der Waals surface area (Å²) in [6.45, 7) is 1.31. The molecule has 0 rings (SSSR count). The van der Waals surface area contributed by atoms with Gasteiger partial charge >= 0.3 is 0 Å². The first kappa shape index (κ1) is 10.5. The molecule has 8 heavy (non-hydrogen) atoms. The summed E-state index contributed by atoms with van der Waals surface area (Å²) in [5, 5.41) is 0. The predicted molar refractivity (Wildman–Crippen MR) is 28.3 cm³/mol. The molecule has 4 N–H and O–H groups in total. The Balaban J connectivity index is 0. The number of carbonyl (C=O) groups is 1. The maximum atomic E-state index is 9.22. The highest BCUT2D eigenvalue weighted by atomic mass is 32.2. The zero-order valence-electron chi connectivity index (χ0n) is 4.20. The average Bonchev–Trinajstić information content (AvgIpc) is 1.25. The third kappa shape index (κ3) is 540. The largest absolute Gasteiger partial charge is 0.370 e. The fourth-order valence-electron chi connectivity index (χ4n) is 0. The minimum atomic E-state index is -2.61. The second kappa shape index (κ2) is 6.54. The molecule has 0 aliphatic carbocycles. The first-order chi connectivity index (χ1) is 3.46. The van der Waals surface area contributed by atoms with Gasteiger partial charge in [0.05, 0.1) is 0 Å². The first-order valence-corrected chi connectivity index (χ1v) is 2.59. The van der Waals surface area contributed by atoms with Crippen molar-refractivity contribution in [2.45, 2.75) is 6.92 Å². The number of primary amides is 1. The molecule has 0 aromatic carbocycles. The van der Waals surface area contributed by atoms with Gasteiger partial charge in [0.25, 0.3) is 11.4 Å². The standard InChI is InChI=1S/C2H5NO.H2O3S/c1-2(3)4;1-4(2)3/h1H3,(H2,3,4);(H2,1,2,3). The molecule has 0 spiro atoms.